The van der Waals surface area contributed by atoms with Crippen molar-refractivity contribution < 1.29 is 14.7 Å². The van der Waals surface area contributed by atoms with E-state index >= 15 is 0 Å². The van der Waals surface area contributed by atoms with Crippen LogP contribution in [-0.4, -0.2) is 38.0 Å². The van der Waals surface area contributed by atoms with Gasteiger partial charge in [0.25, 0.3) is 0 Å². The molecule has 5 heteroatoms. The van der Waals surface area contributed by atoms with E-state index in [1.165, 1.54) is 0 Å². The van der Waals surface area contributed by atoms with Crippen LogP contribution < -0.4 is 5.73 Å². The predicted molar refractivity (Wildman–Crippen MR) is 59.1 cm³/mol. The molecule has 3 N–H and O–H groups in total. The first-order valence-corrected chi connectivity index (χ1v) is 5.09. The number of ether oxygens (including phenoxy) is 2. The van der Waals surface area contributed by atoms with Crippen LogP contribution in [0, 0.1) is 5.41 Å². The molecule has 0 spiro atoms. The lowest BCUT2D eigenvalue weighted by atomic mass is 9.88. The molecule has 0 bridgehead atoms. The Morgan fingerprint density at radius 2 is 2.00 bits per heavy atom. The lowest BCUT2D eigenvalue weighted by Gasteiger charge is -2.22. The van der Waals surface area contributed by atoms with E-state index in [2.05, 4.69) is 5.16 Å². The third kappa shape index (κ3) is 6.30. The summed E-state index contributed by atoms with van der Waals surface area (Å²) in [5.74, 6) is 0.239. The number of oxime groups is 1. The summed E-state index contributed by atoms with van der Waals surface area (Å²) < 4.78 is 10.3. The maximum atomic E-state index is 8.55. The van der Waals surface area contributed by atoms with E-state index in [0.29, 0.717) is 19.8 Å². The van der Waals surface area contributed by atoms with Crippen molar-refractivity contribution in [1.29, 1.82) is 0 Å². The minimum atomic E-state index is -0.323. The lowest BCUT2D eigenvalue weighted by molar-refractivity contribution is 0.0911. The highest BCUT2D eigenvalue weighted by molar-refractivity contribution is 5.85. The van der Waals surface area contributed by atoms with Crippen LogP contribution in [0.4, 0.5) is 0 Å². The van der Waals surface area contributed by atoms with E-state index in [-0.39, 0.29) is 11.3 Å². The van der Waals surface area contributed by atoms with Crippen molar-refractivity contribution in [2.24, 2.45) is 16.3 Å². The smallest absolute Gasteiger partial charge is 0.144 e. The second kappa shape index (κ2) is 7.48. The maximum absolute atomic E-state index is 8.55. The molecule has 0 heterocycles. The second-order valence-corrected chi connectivity index (χ2v) is 4.08. The Labute approximate surface area is 91.2 Å². The van der Waals surface area contributed by atoms with E-state index < -0.39 is 0 Å². The van der Waals surface area contributed by atoms with Gasteiger partial charge in [0.15, 0.2) is 0 Å². The summed E-state index contributed by atoms with van der Waals surface area (Å²) in [6.07, 6.45) is 1.62. The number of nitrogens with two attached hydrogens (primary N) is 1. The molecule has 0 fully saturated rings. The first-order chi connectivity index (χ1) is 7.04. The van der Waals surface area contributed by atoms with Gasteiger partial charge in [-0.15, -0.1) is 0 Å². The highest BCUT2D eigenvalue weighted by Gasteiger charge is 2.22. The molecule has 0 amide bonds. The molecule has 15 heavy (non-hydrogen) atoms. The topological polar surface area (TPSA) is 77.1 Å². The first kappa shape index (κ1) is 14.2. The van der Waals surface area contributed by atoms with Crippen LogP contribution in [0.5, 0.6) is 0 Å². The van der Waals surface area contributed by atoms with Gasteiger partial charge in [0.1, 0.15) is 5.84 Å². The minimum absolute atomic E-state index is 0.239. The molecule has 0 saturated carbocycles. The number of hydrogen-bond donors (Lipinski definition) is 2. The summed E-state index contributed by atoms with van der Waals surface area (Å²) in [4.78, 5) is 0. The molecule has 90 valence electrons. The average Bonchev–Trinajstić information content (AvgIpc) is 2.22. The molecule has 0 unspecified atom stereocenters. The van der Waals surface area contributed by atoms with Gasteiger partial charge in [-0.2, -0.15) is 0 Å². The molecule has 0 rings (SSSR count). The quantitative estimate of drug-likeness (QED) is 0.211. The predicted octanol–water partition coefficient (Wildman–Crippen LogP) is 1.20. The molecule has 5 nitrogen and oxygen atoms in total. The summed E-state index contributed by atoms with van der Waals surface area (Å²) in [5, 5.41) is 11.6. The number of methoxy groups -OCH3 is 1. The van der Waals surface area contributed by atoms with Crippen molar-refractivity contribution in [3.63, 3.8) is 0 Å². The van der Waals surface area contributed by atoms with Gasteiger partial charge in [0.05, 0.1) is 0 Å². The Morgan fingerprint density at radius 1 is 1.33 bits per heavy atom. The number of hydrogen-bond acceptors (Lipinski definition) is 4. The highest BCUT2D eigenvalue weighted by atomic mass is 16.5. The van der Waals surface area contributed by atoms with Crippen molar-refractivity contribution in [2.45, 2.75) is 26.7 Å². The fraction of sp³-hybridized carbons (Fsp3) is 0.900. The minimum Gasteiger partial charge on any atom is -0.409 e. The van der Waals surface area contributed by atoms with Gasteiger partial charge in [-0.05, 0) is 12.8 Å². The summed E-state index contributed by atoms with van der Waals surface area (Å²) in [6.45, 7) is 5.83. The van der Waals surface area contributed by atoms with Crippen LogP contribution in [0.1, 0.15) is 26.7 Å². The maximum Gasteiger partial charge on any atom is 0.144 e. The highest BCUT2D eigenvalue weighted by Crippen LogP contribution is 2.20. The van der Waals surface area contributed by atoms with Crippen LogP contribution in [0.3, 0.4) is 0 Å². The summed E-state index contributed by atoms with van der Waals surface area (Å²) in [7, 11) is 1.67. The molecule has 0 aromatic carbocycles. The monoisotopic (exact) mass is 218 g/mol. The molecular formula is C10H22N2O3. The van der Waals surface area contributed by atoms with Gasteiger partial charge in [0, 0.05) is 32.3 Å². The molecule has 0 aromatic rings. The van der Waals surface area contributed by atoms with Gasteiger partial charge in [0.2, 0.25) is 0 Å². The SMILES string of the molecule is COCCCOCCC(C)(C)C(N)=NO. The Balaban J connectivity index is 3.58. The molecule has 0 aromatic heterocycles. The Kier molecular flexibility index (Phi) is 7.07. The molecular weight excluding hydrogens is 196 g/mol. The Hall–Kier alpha value is -0.810. The summed E-state index contributed by atoms with van der Waals surface area (Å²) in [5.41, 5.74) is 5.21. The van der Waals surface area contributed by atoms with Gasteiger partial charge in [-0.1, -0.05) is 19.0 Å². The number of amidine groups is 1. The van der Waals surface area contributed by atoms with Gasteiger partial charge < -0.3 is 20.4 Å². The van der Waals surface area contributed by atoms with E-state index in [0.717, 1.165) is 12.8 Å². The van der Waals surface area contributed by atoms with Gasteiger partial charge in [-0.3, -0.25) is 0 Å². The lowest BCUT2D eigenvalue weighted by Crippen LogP contribution is -2.33. The summed E-state index contributed by atoms with van der Waals surface area (Å²) in [6, 6.07) is 0. The Morgan fingerprint density at radius 3 is 2.53 bits per heavy atom. The van der Waals surface area contributed by atoms with E-state index in [1.54, 1.807) is 7.11 Å². The van der Waals surface area contributed by atoms with Crippen molar-refractivity contribution in [2.75, 3.05) is 26.9 Å². The molecule has 0 aliphatic rings. The van der Waals surface area contributed by atoms with Crippen LogP contribution in [0.25, 0.3) is 0 Å². The van der Waals surface area contributed by atoms with Crippen LogP contribution >= 0.6 is 0 Å². The fourth-order valence-electron chi connectivity index (χ4n) is 0.998. The Bertz CT molecular complexity index is 193. The molecule has 0 saturated heterocycles. The van der Waals surface area contributed by atoms with Gasteiger partial charge >= 0.3 is 0 Å². The second-order valence-electron chi connectivity index (χ2n) is 4.08. The zero-order chi connectivity index (χ0) is 11.7. The molecule has 0 aliphatic carbocycles. The van der Waals surface area contributed by atoms with Crippen LogP contribution in [0.15, 0.2) is 5.16 Å². The molecule has 0 atom stereocenters. The van der Waals surface area contributed by atoms with Crippen molar-refractivity contribution >= 4 is 5.84 Å². The normalized spacial score (nSPS) is 13.1. The van der Waals surface area contributed by atoms with Gasteiger partial charge in [-0.25, -0.2) is 0 Å². The average molecular weight is 218 g/mol. The van der Waals surface area contributed by atoms with E-state index in [1.807, 2.05) is 13.8 Å². The van der Waals surface area contributed by atoms with Crippen molar-refractivity contribution in [3.8, 4) is 0 Å². The fourth-order valence-corrected chi connectivity index (χ4v) is 0.998. The van der Waals surface area contributed by atoms with Crippen molar-refractivity contribution in [3.05, 3.63) is 0 Å². The van der Waals surface area contributed by atoms with Crippen LogP contribution in [0.2, 0.25) is 0 Å². The van der Waals surface area contributed by atoms with E-state index in [4.69, 9.17) is 20.4 Å². The third-order valence-corrected chi connectivity index (χ3v) is 2.31. The summed E-state index contributed by atoms with van der Waals surface area (Å²) >= 11 is 0. The largest absolute Gasteiger partial charge is 0.409 e. The van der Waals surface area contributed by atoms with Crippen molar-refractivity contribution in [1.82, 2.24) is 0 Å². The molecule has 0 radical (unpaired) electrons. The zero-order valence-corrected chi connectivity index (χ0v) is 9.82. The van der Waals surface area contributed by atoms with Crippen LogP contribution in [-0.2, 0) is 9.47 Å². The standard InChI is InChI=1S/C10H22N2O3/c1-10(2,9(11)12-13)5-8-15-7-4-6-14-3/h13H,4-8H2,1-3H3,(H2,11,12). The number of nitrogens with zero attached hydrogens (tertiary/aromatic N) is 1. The van der Waals surface area contributed by atoms with E-state index in [9.17, 15) is 0 Å². The number of rotatable bonds is 8. The zero-order valence-electron chi connectivity index (χ0n) is 9.82. The third-order valence-electron chi connectivity index (χ3n) is 2.31. The first-order valence-electron chi connectivity index (χ1n) is 5.09. The molecule has 0 aliphatic heterocycles.